The van der Waals surface area contributed by atoms with Crippen LogP contribution in [0.5, 0.6) is 0 Å². The highest BCUT2D eigenvalue weighted by atomic mass is 16.5. The van der Waals surface area contributed by atoms with E-state index in [1.54, 1.807) is 0 Å². The zero-order valence-electron chi connectivity index (χ0n) is 14.8. The highest BCUT2D eigenvalue weighted by molar-refractivity contribution is 5.75. The Kier molecular flexibility index (Phi) is 5.03. The zero-order chi connectivity index (χ0) is 17.9. The van der Waals surface area contributed by atoms with Crippen LogP contribution in [-0.4, -0.2) is 34.9 Å². The number of urea groups is 1. The fourth-order valence-corrected chi connectivity index (χ4v) is 2.80. The summed E-state index contributed by atoms with van der Waals surface area (Å²) in [6, 6.07) is 8.98. The van der Waals surface area contributed by atoms with Crippen molar-refractivity contribution < 1.29 is 14.1 Å². The van der Waals surface area contributed by atoms with Crippen LogP contribution in [0.2, 0.25) is 0 Å². The number of carbonyl (C=O) groups is 1. The normalized spacial score (nSPS) is 21.3. The van der Waals surface area contributed by atoms with Gasteiger partial charge in [-0.25, -0.2) is 4.79 Å². The molecule has 1 fully saturated rings. The molecule has 7 heteroatoms. The number of hydrogen-bond donors (Lipinski definition) is 2. The van der Waals surface area contributed by atoms with E-state index in [0.717, 1.165) is 12.0 Å². The number of hydrogen-bond acceptors (Lipinski definition) is 5. The lowest BCUT2D eigenvalue weighted by molar-refractivity contribution is 0.168. The molecule has 0 bridgehead atoms. The second kappa shape index (κ2) is 7.23. The summed E-state index contributed by atoms with van der Waals surface area (Å²) in [5.74, 6) is 1.01. The third-order valence-corrected chi connectivity index (χ3v) is 4.33. The largest absolute Gasteiger partial charge is 0.379 e. The number of amides is 2. The molecule has 1 aliphatic rings. The summed E-state index contributed by atoms with van der Waals surface area (Å²) < 4.78 is 10.8. The molecule has 2 unspecified atom stereocenters. The summed E-state index contributed by atoms with van der Waals surface area (Å²) in [6.07, 6.45) is 0.797. The van der Waals surface area contributed by atoms with Gasteiger partial charge in [0.1, 0.15) is 6.04 Å². The number of benzene rings is 1. The second-order valence-corrected chi connectivity index (χ2v) is 7.01. The Morgan fingerprint density at radius 1 is 1.28 bits per heavy atom. The maximum absolute atomic E-state index is 12.4. The number of ether oxygens (including phenoxy) is 1. The molecule has 2 aromatic rings. The van der Waals surface area contributed by atoms with Crippen LogP contribution in [0, 0.1) is 5.92 Å². The predicted octanol–water partition coefficient (Wildman–Crippen LogP) is 2.91. The van der Waals surface area contributed by atoms with Gasteiger partial charge in [0.2, 0.25) is 11.7 Å². The molecular weight excluding hydrogens is 320 g/mol. The van der Waals surface area contributed by atoms with Crippen LogP contribution in [0.4, 0.5) is 4.79 Å². The minimum Gasteiger partial charge on any atom is -0.379 e. The molecule has 1 aromatic carbocycles. The van der Waals surface area contributed by atoms with Gasteiger partial charge in [-0.2, -0.15) is 4.98 Å². The summed E-state index contributed by atoms with van der Waals surface area (Å²) in [7, 11) is 0. The van der Waals surface area contributed by atoms with E-state index in [9.17, 15) is 4.79 Å². The molecular formula is C18H24N4O3. The molecule has 2 atom stereocenters. The van der Waals surface area contributed by atoms with Crippen molar-refractivity contribution in [2.45, 2.75) is 38.8 Å². The Labute approximate surface area is 147 Å². The van der Waals surface area contributed by atoms with Gasteiger partial charge in [0.25, 0.3) is 0 Å². The highest BCUT2D eigenvalue weighted by Gasteiger charge is 2.33. The Hall–Kier alpha value is -2.41. The van der Waals surface area contributed by atoms with E-state index in [4.69, 9.17) is 9.26 Å². The van der Waals surface area contributed by atoms with Gasteiger partial charge in [0, 0.05) is 12.2 Å². The maximum atomic E-state index is 12.4. The average molecular weight is 344 g/mol. The maximum Gasteiger partial charge on any atom is 0.315 e. The van der Waals surface area contributed by atoms with Crippen LogP contribution in [0.1, 0.15) is 39.1 Å². The van der Waals surface area contributed by atoms with Crippen LogP contribution in [0.3, 0.4) is 0 Å². The third kappa shape index (κ3) is 4.17. The molecule has 0 radical (unpaired) electrons. The van der Waals surface area contributed by atoms with E-state index in [-0.39, 0.29) is 23.5 Å². The lowest BCUT2D eigenvalue weighted by Gasteiger charge is -2.26. The first-order valence-corrected chi connectivity index (χ1v) is 8.52. The SMILES string of the molecule is CC(C)C(NC(=O)NC1(C)CCOC1)c1nc(-c2ccccc2)no1. The van der Waals surface area contributed by atoms with Crippen molar-refractivity contribution in [3.05, 3.63) is 36.2 Å². The fourth-order valence-electron chi connectivity index (χ4n) is 2.80. The van der Waals surface area contributed by atoms with Gasteiger partial charge in [0.05, 0.1) is 12.1 Å². The molecule has 1 aromatic heterocycles. The van der Waals surface area contributed by atoms with Gasteiger partial charge >= 0.3 is 6.03 Å². The Bertz CT molecular complexity index is 708. The van der Waals surface area contributed by atoms with Crippen LogP contribution >= 0.6 is 0 Å². The van der Waals surface area contributed by atoms with Crippen molar-refractivity contribution in [2.24, 2.45) is 5.92 Å². The van der Waals surface area contributed by atoms with Gasteiger partial charge in [0.15, 0.2) is 0 Å². The molecule has 2 amide bonds. The molecule has 1 saturated heterocycles. The predicted molar refractivity (Wildman–Crippen MR) is 92.8 cm³/mol. The quantitative estimate of drug-likeness (QED) is 0.870. The number of nitrogens with one attached hydrogen (secondary N) is 2. The van der Waals surface area contributed by atoms with Crippen molar-refractivity contribution >= 4 is 6.03 Å². The number of nitrogens with zero attached hydrogens (tertiary/aromatic N) is 2. The second-order valence-electron chi connectivity index (χ2n) is 7.01. The van der Waals surface area contributed by atoms with Crippen molar-refractivity contribution in [2.75, 3.05) is 13.2 Å². The molecule has 0 aliphatic carbocycles. The molecule has 2 N–H and O–H groups in total. The standard InChI is InChI=1S/C18H24N4O3/c1-12(2)14(19-17(23)21-18(3)9-10-24-11-18)16-20-15(22-25-16)13-7-5-4-6-8-13/h4-8,12,14H,9-11H2,1-3H3,(H2,19,21,23). The Morgan fingerprint density at radius 3 is 2.68 bits per heavy atom. The summed E-state index contributed by atoms with van der Waals surface area (Å²) in [4.78, 5) is 16.9. The first kappa shape index (κ1) is 17.4. The molecule has 7 nitrogen and oxygen atoms in total. The topological polar surface area (TPSA) is 89.3 Å². The van der Waals surface area contributed by atoms with Crippen molar-refractivity contribution in [3.8, 4) is 11.4 Å². The van der Waals surface area contributed by atoms with E-state index < -0.39 is 0 Å². The molecule has 3 rings (SSSR count). The minimum absolute atomic E-state index is 0.0995. The summed E-state index contributed by atoms with van der Waals surface area (Å²) >= 11 is 0. The number of aromatic nitrogens is 2. The molecule has 134 valence electrons. The van der Waals surface area contributed by atoms with E-state index >= 15 is 0 Å². The van der Waals surface area contributed by atoms with E-state index in [1.807, 2.05) is 51.1 Å². The fraction of sp³-hybridized carbons (Fsp3) is 0.500. The first-order chi connectivity index (χ1) is 12.0. The van der Waals surface area contributed by atoms with Gasteiger partial charge in [-0.3, -0.25) is 0 Å². The van der Waals surface area contributed by atoms with Crippen LogP contribution in [-0.2, 0) is 4.74 Å². The number of carbonyl (C=O) groups excluding carboxylic acids is 1. The highest BCUT2D eigenvalue weighted by Crippen LogP contribution is 2.24. The Morgan fingerprint density at radius 2 is 2.04 bits per heavy atom. The van der Waals surface area contributed by atoms with Crippen molar-refractivity contribution in [1.82, 2.24) is 20.8 Å². The number of rotatable bonds is 5. The molecule has 0 saturated carbocycles. The Balaban J connectivity index is 1.71. The van der Waals surface area contributed by atoms with E-state index in [0.29, 0.717) is 24.9 Å². The van der Waals surface area contributed by atoms with Gasteiger partial charge in [-0.05, 0) is 19.3 Å². The zero-order valence-corrected chi connectivity index (χ0v) is 14.8. The molecule has 0 spiro atoms. The molecule has 2 heterocycles. The summed E-state index contributed by atoms with van der Waals surface area (Å²) in [5.41, 5.74) is 0.537. The van der Waals surface area contributed by atoms with Crippen molar-refractivity contribution in [1.29, 1.82) is 0 Å². The smallest absolute Gasteiger partial charge is 0.315 e. The summed E-state index contributed by atoms with van der Waals surface area (Å²) in [5, 5.41) is 9.97. The van der Waals surface area contributed by atoms with E-state index in [1.165, 1.54) is 0 Å². The summed E-state index contributed by atoms with van der Waals surface area (Å²) in [6.45, 7) is 7.15. The first-order valence-electron chi connectivity index (χ1n) is 8.52. The van der Waals surface area contributed by atoms with Crippen molar-refractivity contribution in [3.63, 3.8) is 0 Å². The molecule has 25 heavy (non-hydrogen) atoms. The average Bonchev–Trinajstić information content (AvgIpc) is 3.22. The lowest BCUT2D eigenvalue weighted by Crippen LogP contribution is -2.51. The van der Waals surface area contributed by atoms with E-state index in [2.05, 4.69) is 20.8 Å². The third-order valence-electron chi connectivity index (χ3n) is 4.33. The van der Waals surface area contributed by atoms with Crippen LogP contribution < -0.4 is 10.6 Å². The van der Waals surface area contributed by atoms with Gasteiger partial charge in [-0.1, -0.05) is 49.3 Å². The van der Waals surface area contributed by atoms with Crippen LogP contribution in [0.25, 0.3) is 11.4 Å². The van der Waals surface area contributed by atoms with Gasteiger partial charge in [-0.15, -0.1) is 0 Å². The lowest BCUT2D eigenvalue weighted by atomic mass is 10.0. The molecule has 1 aliphatic heterocycles. The monoisotopic (exact) mass is 344 g/mol. The van der Waals surface area contributed by atoms with Crippen LogP contribution in [0.15, 0.2) is 34.9 Å². The minimum atomic E-state index is -0.365. The van der Waals surface area contributed by atoms with Gasteiger partial charge < -0.3 is 19.9 Å².